The predicted octanol–water partition coefficient (Wildman–Crippen LogP) is 2.67. The Kier molecular flexibility index (Phi) is 3.75. The molecule has 0 amide bonds. The molecule has 0 aliphatic carbocycles. The average molecular weight is 309 g/mol. The van der Waals surface area contributed by atoms with Gasteiger partial charge >= 0.3 is 0 Å². The first-order valence-corrected chi connectivity index (χ1v) is 6.38. The first-order chi connectivity index (χ1) is 8.18. The van der Waals surface area contributed by atoms with Crippen LogP contribution in [0, 0.1) is 5.41 Å². The summed E-state index contributed by atoms with van der Waals surface area (Å²) in [4.78, 5) is 1.01. The van der Waals surface area contributed by atoms with Crippen molar-refractivity contribution in [3.05, 3.63) is 46.6 Å². The maximum Gasteiger partial charge on any atom is 0.134 e. The minimum absolute atomic E-state index is 0.00514. The van der Waals surface area contributed by atoms with Crippen molar-refractivity contribution in [2.45, 2.75) is 9.92 Å². The molecule has 17 heavy (non-hydrogen) atoms. The third kappa shape index (κ3) is 2.83. The van der Waals surface area contributed by atoms with E-state index in [0.29, 0.717) is 10.6 Å². The number of amidine groups is 1. The third-order valence-corrected chi connectivity index (χ3v) is 4.05. The topological polar surface area (TPSA) is 75.7 Å². The summed E-state index contributed by atoms with van der Waals surface area (Å²) in [6, 6.07) is 9.49. The number of nitrogens with zero attached hydrogens (tertiary/aromatic N) is 2. The van der Waals surface area contributed by atoms with Gasteiger partial charge < -0.3 is 5.73 Å². The zero-order valence-electron chi connectivity index (χ0n) is 8.72. The lowest BCUT2D eigenvalue weighted by molar-refractivity contribution is 0.921. The van der Waals surface area contributed by atoms with Crippen LogP contribution in [0.2, 0.25) is 0 Å². The predicted molar refractivity (Wildman–Crippen MR) is 71.3 cm³/mol. The average Bonchev–Trinajstić information content (AvgIpc) is 2.32. The summed E-state index contributed by atoms with van der Waals surface area (Å²) in [5.41, 5.74) is 6.09. The molecule has 4 nitrogen and oxygen atoms in total. The highest BCUT2D eigenvalue weighted by molar-refractivity contribution is 9.10. The Morgan fingerprint density at radius 2 is 2.06 bits per heavy atom. The standard InChI is InChI=1S/C11H9BrN4S/c12-8-3-1-2-4-9(8)17-11-7(10(13)14)5-6-15-16-11/h1-6H,(H3,13,14). The highest BCUT2D eigenvalue weighted by atomic mass is 79.9. The number of rotatable bonds is 3. The van der Waals surface area contributed by atoms with Crippen molar-refractivity contribution >= 4 is 33.5 Å². The lowest BCUT2D eigenvalue weighted by Gasteiger charge is -2.06. The largest absolute Gasteiger partial charge is 0.384 e. The lowest BCUT2D eigenvalue weighted by atomic mass is 10.3. The number of nitrogen functional groups attached to an aromatic ring is 1. The fraction of sp³-hybridized carbons (Fsp3) is 0. The number of nitrogens with two attached hydrogens (primary N) is 1. The van der Waals surface area contributed by atoms with Gasteiger partial charge in [0, 0.05) is 9.37 Å². The van der Waals surface area contributed by atoms with Crippen molar-refractivity contribution in [2.75, 3.05) is 0 Å². The van der Waals surface area contributed by atoms with Gasteiger partial charge in [0.05, 0.1) is 11.8 Å². The van der Waals surface area contributed by atoms with Gasteiger partial charge in [0.15, 0.2) is 0 Å². The van der Waals surface area contributed by atoms with Gasteiger partial charge in [0.1, 0.15) is 10.9 Å². The molecule has 86 valence electrons. The SMILES string of the molecule is N=C(N)c1ccnnc1Sc1ccccc1Br. The Labute approximate surface area is 111 Å². The summed E-state index contributed by atoms with van der Waals surface area (Å²) in [5, 5.41) is 15.9. The molecular weight excluding hydrogens is 300 g/mol. The van der Waals surface area contributed by atoms with E-state index in [1.54, 1.807) is 6.07 Å². The van der Waals surface area contributed by atoms with Crippen LogP contribution in [-0.4, -0.2) is 16.0 Å². The van der Waals surface area contributed by atoms with E-state index in [4.69, 9.17) is 11.1 Å². The minimum atomic E-state index is -0.00514. The Balaban J connectivity index is 2.37. The monoisotopic (exact) mass is 308 g/mol. The number of nitrogens with one attached hydrogen (secondary N) is 1. The highest BCUT2D eigenvalue weighted by Crippen LogP contribution is 2.33. The first-order valence-electron chi connectivity index (χ1n) is 4.77. The van der Waals surface area contributed by atoms with E-state index in [1.165, 1.54) is 18.0 Å². The van der Waals surface area contributed by atoms with Crippen molar-refractivity contribution in [1.29, 1.82) is 5.41 Å². The summed E-state index contributed by atoms with van der Waals surface area (Å²) in [5.74, 6) is -0.00514. The quantitative estimate of drug-likeness (QED) is 0.675. The maximum absolute atomic E-state index is 7.48. The van der Waals surface area contributed by atoms with E-state index in [0.717, 1.165) is 9.37 Å². The lowest BCUT2D eigenvalue weighted by Crippen LogP contribution is -2.13. The molecule has 1 aromatic heterocycles. The first kappa shape index (κ1) is 12.1. The Bertz CT molecular complexity index is 559. The fourth-order valence-electron chi connectivity index (χ4n) is 1.23. The van der Waals surface area contributed by atoms with Gasteiger partial charge in [-0.05, 0) is 34.1 Å². The van der Waals surface area contributed by atoms with Gasteiger partial charge in [-0.1, -0.05) is 23.9 Å². The van der Waals surface area contributed by atoms with E-state index in [2.05, 4.69) is 26.1 Å². The molecule has 1 heterocycles. The summed E-state index contributed by atoms with van der Waals surface area (Å²) < 4.78 is 0.977. The molecule has 0 aliphatic heterocycles. The minimum Gasteiger partial charge on any atom is -0.384 e. The van der Waals surface area contributed by atoms with Crippen LogP contribution in [0.5, 0.6) is 0 Å². The molecule has 0 saturated heterocycles. The van der Waals surface area contributed by atoms with Gasteiger partial charge in [0.25, 0.3) is 0 Å². The van der Waals surface area contributed by atoms with Crippen LogP contribution in [0.4, 0.5) is 0 Å². The molecule has 0 bridgehead atoms. The van der Waals surface area contributed by atoms with E-state index < -0.39 is 0 Å². The second kappa shape index (κ2) is 5.29. The Morgan fingerprint density at radius 1 is 1.29 bits per heavy atom. The van der Waals surface area contributed by atoms with Crippen molar-refractivity contribution in [2.24, 2.45) is 5.73 Å². The van der Waals surface area contributed by atoms with Crippen LogP contribution in [0.3, 0.4) is 0 Å². The molecule has 0 unspecified atom stereocenters. The molecule has 6 heteroatoms. The van der Waals surface area contributed by atoms with E-state index in [1.807, 2.05) is 24.3 Å². The Morgan fingerprint density at radius 3 is 2.76 bits per heavy atom. The number of halogens is 1. The van der Waals surface area contributed by atoms with Crippen LogP contribution in [-0.2, 0) is 0 Å². The summed E-state index contributed by atoms with van der Waals surface area (Å²) in [6.07, 6.45) is 1.53. The number of aromatic nitrogens is 2. The van der Waals surface area contributed by atoms with Crippen LogP contribution in [0.15, 0.2) is 50.9 Å². The normalized spacial score (nSPS) is 10.2. The third-order valence-electron chi connectivity index (χ3n) is 2.02. The van der Waals surface area contributed by atoms with Gasteiger partial charge in [0.2, 0.25) is 0 Å². The van der Waals surface area contributed by atoms with Gasteiger partial charge in [-0.15, -0.1) is 5.10 Å². The second-order valence-electron chi connectivity index (χ2n) is 3.20. The van der Waals surface area contributed by atoms with Crippen LogP contribution in [0.1, 0.15) is 5.56 Å². The molecule has 0 atom stereocenters. The van der Waals surface area contributed by atoms with Crippen LogP contribution >= 0.6 is 27.7 Å². The summed E-state index contributed by atoms with van der Waals surface area (Å²) in [7, 11) is 0. The molecule has 3 N–H and O–H groups in total. The second-order valence-corrected chi connectivity index (χ2v) is 5.08. The van der Waals surface area contributed by atoms with Crippen molar-refractivity contribution in [3.63, 3.8) is 0 Å². The zero-order valence-corrected chi connectivity index (χ0v) is 11.1. The number of hydrogen-bond donors (Lipinski definition) is 2. The van der Waals surface area contributed by atoms with Crippen molar-refractivity contribution in [1.82, 2.24) is 10.2 Å². The van der Waals surface area contributed by atoms with Crippen LogP contribution in [0.25, 0.3) is 0 Å². The van der Waals surface area contributed by atoms with Gasteiger partial charge in [-0.25, -0.2) is 0 Å². The van der Waals surface area contributed by atoms with Gasteiger partial charge in [-0.3, -0.25) is 5.41 Å². The van der Waals surface area contributed by atoms with E-state index in [-0.39, 0.29) is 5.84 Å². The molecular formula is C11H9BrN4S. The molecule has 0 saturated carbocycles. The fourth-order valence-corrected chi connectivity index (χ4v) is 2.65. The van der Waals surface area contributed by atoms with E-state index in [9.17, 15) is 0 Å². The Hall–Kier alpha value is -1.40. The number of benzene rings is 1. The summed E-state index contributed by atoms with van der Waals surface area (Å²) >= 11 is 4.89. The molecule has 2 aromatic rings. The zero-order chi connectivity index (χ0) is 12.3. The molecule has 0 radical (unpaired) electrons. The number of hydrogen-bond acceptors (Lipinski definition) is 4. The van der Waals surface area contributed by atoms with Gasteiger partial charge in [-0.2, -0.15) is 5.10 Å². The molecule has 0 aliphatic rings. The smallest absolute Gasteiger partial charge is 0.134 e. The molecule has 2 rings (SSSR count). The molecule has 0 spiro atoms. The van der Waals surface area contributed by atoms with E-state index >= 15 is 0 Å². The highest BCUT2D eigenvalue weighted by Gasteiger charge is 2.10. The van der Waals surface area contributed by atoms with Crippen LogP contribution < -0.4 is 5.73 Å². The maximum atomic E-state index is 7.48. The van der Waals surface area contributed by atoms with Crippen molar-refractivity contribution in [3.8, 4) is 0 Å². The molecule has 1 aromatic carbocycles. The molecule has 0 fully saturated rings. The van der Waals surface area contributed by atoms with Crippen molar-refractivity contribution < 1.29 is 0 Å². The summed E-state index contributed by atoms with van der Waals surface area (Å²) in [6.45, 7) is 0.